The second kappa shape index (κ2) is 3.74. The van der Waals surface area contributed by atoms with Crippen LogP contribution in [0.2, 0.25) is 0 Å². The molecule has 14 heavy (non-hydrogen) atoms. The van der Waals surface area contributed by atoms with Gasteiger partial charge in [0.05, 0.1) is 19.2 Å². The number of nitrogens with zero attached hydrogens (tertiary/aromatic N) is 2. The standard InChI is InChI=1S/C10H9FN2O/c11-9-3-1-2-8(4-9)7-14-13-6-10(13)5-12/h1-4,10H,6-7H2. The van der Waals surface area contributed by atoms with E-state index in [2.05, 4.69) is 6.07 Å². The van der Waals surface area contributed by atoms with Gasteiger partial charge in [0, 0.05) is 0 Å². The summed E-state index contributed by atoms with van der Waals surface area (Å²) < 4.78 is 12.7. The third kappa shape index (κ3) is 2.08. The van der Waals surface area contributed by atoms with Crippen molar-refractivity contribution in [2.24, 2.45) is 0 Å². The maximum Gasteiger partial charge on any atom is 0.137 e. The summed E-state index contributed by atoms with van der Waals surface area (Å²) in [6.07, 6.45) is 0. The molecule has 0 spiro atoms. The smallest absolute Gasteiger partial charge is 0.137 e. The van der Waals surface area contributed by atoms with Crippen LogP contribution in [-0.4, -0.2) is 17.6 Å². The summed E-state index contributed by atoms with van der Waals surface area (Å²) in [6.45, 7) is 0.960. The lowest BCUT2D eigenvalue weighted by atomic mass is 10.2. The van der Waals surface area contributed by atoms with Gasteiger partial charge in [-0.15, -0.1) is 0 Å². The SMILES string of the molecule is N#CC1CN1OCc1cccc(F)c1. The van der Waals surface area contributed by atoms with Crippen LogP contribution in [0.4, 0.5) is 4.39 Å². The van der Waals surface area contributed by atoms with Gasteiger partial charge in [0.15, 0.2) is 0 Å². The maximum absolute atomic E-state index is 12.7. The molecule has 1 fully saturated rings. The molecule has 3 nitrogen and oxygen atoms in total. The molecule has 0 saturated carbocycles. The van der Waals surface area contributed by atoms with Crippen LogP contribution in [0.1, 0.15) is 5.56 Å². The molecule has 2 rings (SSSR count). The van der Waals surface area contributed by atoms with Gasteiger partial charge < -0.3 is 0 Å². The molecule has 1 aliphatic heterocycles. The van der Waals surface area contributed by atoms with Crippen molar-refractivity contribution in [1.82, 2.24) is 5.06 Å². The summed E-state index contributed by atoms with van der Waals surface area (Å²) >= 11 is 0. The van der Waals surface area contributed by atoms with Crippen molar-refractivity contribution in [2.75, 3.05) is 6.54 Å². The van der Waals surface area contributed by atoms with Crippen molar-refractivity contribution in [3.8, 4) is 6.07 Å². The Morgan fingerprint density at radius 1 is 1.64 bits per heavy atom. The summed E-state index contributed by atoms with van der Waals surface area (Å²) in [5.41, 5.74) is 0.772. The summed E-state index contributed by atoms with van der Waals surface area (Å²) in [7, 11) is 0. The summed E-state index contributed by atoms with van der Waals surface area (Å²) in [5.74, 6) is -0.270. The molecule has 1 heterocycles. The Labute approximate surface area is 81.3 Å². The van der Waals surface area contributed by atoms with E-state index < -0.39 is 0 Å². The van der Waals surface area contributed by atoms with E-state index in [4.69, 9.17) is 10.1 Å². The van der Waals surface area contributed by atoms with Crippen molar-refractivity contribution in [3.63, 3.8) is 0 Å². The topological polar surface area (TPSA) is 36.0 Å². The van der Waals surface area contributed by atoms with Crippen molar-refractivity contribution in [3.05, 3.63) is 35.6 Å². The lowest BCUT2D eigenvalue weighted by Gasteiger charge is -2.03. The van der Waals surface area contributed by atoms with Gasteiger partial charge in [-0.3, -0.25) is 4.84 Å². The van der Waals surface area contributed by atoms with Crippen LogP contribution >= 0.6 is 0 Å². The molecule has 0 aliphatic carbocycles. The van der Waals surface area contributed by atoms with Crippen molar-refractivity contribution in [2.45, 2.75) is 12.6 Å². The predicted molar refractivity (Wildman–Crippen MR) is 47.3 cm³/mol. The molecule has 4 heteroatoms. The molecule has 2 atom stereocenters. The lowest BCUT2D eigenvalue weighted by Crippen LogP contribution is -2.02. The van der Waals surface area contributed by atoms with E-state index in [1.807, 2.05) is 0 Å². The van der Waals surface area contributed by atoms with Crippen LogP contribution in [-0.2, 0) is 11.4 Å². The molecule has 72 valence electrons. The molecule has 1 aliphatic rings. The van der Waals surface area contributed by atoms with Gasteiger partial charge in [0.2, 0.25) is 0 Å². The highest BCUT2D eigenvalue weighted by Gasteiger charge is 2.35. The molecule has 0 bridgehead atoms. The Hall–Kier alpha value is -1.44. The Balaban J connectivity index is 1.85. The van der Waals surface area contributed by atoms with Crippen molar-refractivity contribution < 1.29 is 9.23 Å². The quantitative estimate of drug-likeness (QED) is 0.680. The van der Waals surface area contributed by atoms with Gasteiger partial charge in [0.1, 0.15) is 11.9 Å². The average Bonchev–Trinajstić information content (AvgIpc) is 2.93. The number of hydrogen-bond acceptors (Lipinski definition) is 3. The van der Waals surface area contributed by atoms with Gasteiger partial charge in [-0.25, -0.2) is 4.39 Å². The minimum atomic E-state index is -0.270. The largest absolute Gasteiger partial charge is 0.293 e. The number of rotatable bonds is 3. The van der Waals surface area contributed by atoms with E-state index >= 15 is 0 Å². The fourth-order valence-corrected chi connectivity index (χ4v) is 1.16. The highest BCUT2D eigenvalue weighted by molar-refractivity contribution is 5.15. The number of benzene rings is 1. The minimum Gasteiger partial charge on any atom is -0.293 e. The average molecular weight is 192 g/mol. The van der Waals surface area contributed by atoms with Gasteiger partial charge >= 0.3 is 0 Å². The van der Waals surface area contributed by atoms with E-state index in [-0.39, 0.29) is 11.9 Å². The normalized spacial score (nSPS) is 24.3. The first-order valence-corrected chi connectivity index (χ1v) is 4.33. The van der Waals surface area contributed by atoms with Crippen molar-refractivity contribution >= 4 is 0 Å². The lowest BCUT2D eigenvalue weighted by molar-refractivity contribution is -0.0827. The second-order valence-corrected chi connectivity index (χ2v) is 3.15. The summed E-state index contributed by atoms with van der Waals surface area (Å²) in [4.78, 5) is 5.24. The molecular weight excluding hydrogens is 183 g/mol. The second-order valence-electron chi connectivity index (χ2n) is 3.15. The molecule has 0 N–H and O–H groups in total. The predicted octanol–water partition coefficient (Wildman–Crippen LogP) is 1.47. The summed E-state index contributed by atoms with van der Waals surface area (Å²) in [6, 6.07) is 8.17. The van der Waals surface area contributed by atoms with Crippen LogP contribution in [0, 0.1) is 17.1 Å². The zero-order valence-corrected chi connectivity index (χ0v) is 7.48. The van der Waals surface area contributed by atoms with E-state index in [1.165, 1.54) is 12.1 Å². The fraction of sp³-hybridized carbons (Fsp3) is 0.300. The monoisotopic (exact) mass is 192 g/mol. The van der Waals surface area contributed by atoms with E-state index in [1.54, 1.807) is 17.2 Å². The Morgan fingerprint density at radius 3 is 3.14 bits per heavy atom. The first kappa shape index (κ1) is 9.13. The van der Waals surface area contributed by atoms with Gasteiger partial charge in [0.25, 0.3) is 0 Å². The fourth-order valence-electron chi connectivity index (χ4n) is 1.16. The Bertz CT molecular complexity index is 375. The number of hydrogen-bond donors (Lipinski definition) is 0. The molecule has 0 aromatic heterocycles. The summed E-state index contributed by atoms with van der Waals surface area (Å²) in [5, 5.41) is 10.1. The molecule has 0 amide bonds. The maximum atomic E-state index is 12.7. The third-order valence-electron chi connectivity index (χ3n) is 2.00. The third-order valence-corrected chi connectivity index (χ3v) is 2.00. The molecule has 1 saturated heterocycles. The molecule has 0 radical (unpaired) electrons. The molecule has 2 unspecified atom stereocenters. The number of nitriles is 1. The highest BCUT2D eigenvalue weighted by atomic mass is 19.1. The zero-order chi connectivity index (χ0) is 9.97. The van der Waals surface area contributed by atoms with Crippen LogP contribution in [0.25, 0.3) is 0 Å². The number of hydroxylamine groups is 2. The van der Waals surface area contributed by atoms with Crippen molar-refractivity contribution in [1.29, 1.82) is 5.26 Å². The first-order chi connectivity index (χ1) is 6.79. The molecule has 1 aromatic rings. The van der Waals surface area contributed by atoms with Gasteiger partial charge in [-0.1, -0.05) is 12.1 Å². The number of halogens is 1. The van der Waals surface area contributed by atoms with Crippen LogP contribution in [0.5, 0.6) is 0 Å². The zero-order valence-electron chi connectivity index (χ0n) is 7.48. The van der Waals surface area contributed by atoms with E-state index in [0.29, 0.717) is 13.2 Å². The van der Waals surface area contributed by atoms with Crippen LogP contribution in [0.15, 0.2) is 24.3 Å². The van der Waals surface area contributed by atoms with E-state index in [0.717, 1.165) is 5.56 Å². The Morgan fingerprint density at radius 2 is 2.50 bits per heavy atom. The minimum absolute atomic E-state index is 0.122. The van der Waals surface area contributed by atoms with Gasteiger partial charge in [-0.2, -0.15) is 10.3 Å². The first-order valence-electron chi connectivity index (χ1n) is 4.33. The van der Waals surface area contributed by atoms with Gasteiger partial charge in [-0.05, 0) is 17.7 Å². The molecular formula is C10H9FN2O. The van der Waals surface area contributed by atoms with Crippen LogP contribution < -0.4 is 0 Å². The van der Waals surface area contributed by atoms with E-state index in [9.17, 15) is 4.39 Å². The molecule has 1 aromatic carbocycles. The van der Waals surface area contributed by atoms with Crippen LogP contribution in [0.3, 0.4) is 0 Å². The Kier molecular flexibility index (Phi) is 2.44. The highest BCUT2D eigenvalue weighted by Crippen LogP contribution is 2.18.